The molecule has 80 valence electrons. The van der Waals surface area contributed by atoms with E-state index in [9.17, 15) is 4.79 Å². The second-order valence-electron chi connectivity index (χ2n) is 3.46. The molecule has 0 spiro atoms. The van der Waals surface area contributed by atoms with Crippen molar-refractivity contribution in [1.82, 2.24) is 0 Å². The van der Waals surface area contributed by atoms with Crippen molar-refractivity contribution in [2.45, 2.75) is 11.8 Å². The van der Waals surface area contributed by atoms with Gasteiger partial charge in [0.1, 0.15) is 0 Å². The number of halogens is 2. The largest absolute Gasteiger partial charge is 0.325 e. The molecule has 0 aromatic heterocycles. The predicted molar refractivity (Wildman–Crippen MR) is 65.0 cm³/mol. The highest BCUT2D eigenvalue weighted by atomic mass is 35.5. The molecule has 15 heavy (non-hydrogen) atoms. The second kappa shape index (κ2) is 4.24. The van der Waals surface area contributed by atoms with Crippen LogP contribution in [0, 0.1) is 5.92 Å². The van der Waals surface area contributed by atoms with Gasteiger partial charge in [0.25, 0.3) is 0 Å². The summed E-state index contributed by atoms with van der Waals surface area (Å²) < 4.78 is 0. The molecule has 2 rings (SSSR count). The number of thioether (sulfide) groups is 1. The highest BCUT2D eigenvalue weighted by Gasteiger charge is 2.20. The zero-order valence-corrected chi connectivity index (χ0v) is 10.3. The van der Waals surface area contributed by atoms with Crippen LogP contribution in [0.3, 0.4) is 0 Å². The first-order valence-electron chi connectivity index (χ1n) is 4.50. The first-order valence-corrected chi connectivity index (χ1v) is 6.25. The van der Waals surface area contributed by atoms with E-state index >= 15 is 0 Å². The van der Waals surface area contributed by atoms with Crippen molar-refractivity contribution in [3.63, 3.8) is 0 Å². The smallest absolute Gasteiger partial charge is 0.228 e. The van der Waals surface area contributed by atoms with Crippen LogP contribution in [0.1, 0.15) is 6.92 Å². The third-order valence-electron chi connectivity index (χ3n) is 2.22. The van der Waals surface area contributed by atoms with Crippen molar-refractivity contribution in [3.05, 3.63) is 22.2 Å². The minimum atomic E-state index is -0.0000454. The Morgan fingerprint density at radius 1 is 1.40 bits per heavy atom. The Balaban J connectivity index is 2.43. The molecule has 1 unspecified atom stereocenters. The highest BCUT2D eigenvalue weighted by Crippen LogP contribution is 2.37. The van der Waals surface area contributed by atoms with Crippen LogP contribution in [0.4, 0.5) is 5.69 Å². The van der Waals surface area contributed by atoms with Gasteiger partial charge >= 0.3 is 0 Å². The van der Waals surface area contributed by atoms with E-state index in [1.54, 1.807) is 23.9 Å². The second-order valence-corrected chi connectivity index (χ2v) is 5.34. The van der Waals surface area contributed by atoms with Crippen molar-refractivity contribution < 1.29 is 4.79 Å². The zero-order valence-electron chi connectivity index (χ0n) is 8.01. The highest BCUT2D eigenvalue weighted by molar-refractivity contribution is 7.99. The molecular formula is C10H9Cl2NOS. The molecule has 2 nitrogen and oxygen atoms in total. The van der Waals surface area contributed by atoms with Gasteiger partial charge < -0.3 is 5.32 Å². The molecule has 1 heterocycles. The molecule has 1 amide bonds. The standard InChI is InChI=1S/C10H9Cl2NOS/c1-5-4-15-9-3-7(12)6(11)2-8(9)13-10(5)14/h2-3,5H,4H2,1H3,(H,13,14). The molecule has 0 aliphatic carbocycles. The Bertz CT molecular complexity index is 422. The number of hydrogen-bond acceptors (Lipinski definition) is 2. The first-order chi connectivity index (χ1) is 7.08. The molecule has 0 saturated heterocycles. The summed E-state index contributed by atoms with van der Waals surface area (Å²) in [6, 6.07) is 3.49. The maximum Gasteiger partial charge on any atom is 0.228 e. The molecule has 0 fully saturated rings. The quantitative estimate of drug-likeness (QED) is 0.772. The molecule has 5 heteroatoms. The summed E-state index contributed by atoms with van der Waals surface area (Å²) in [4.78, 5) is 12.5. The summed E-state index contributed by atoms with van der Waals surface area (Å²) in [5.41, 5.74) is 0.753. The lowest BCUT2D eigenvalue weighted by molar-refractivity contribution is -0.118. The van der Waals surface area contributed by atoms with Crippen LogP contribution in [0.5, 0.6) is 0 Å². The number of hydrogen-bond donors (Lipinski definition) is 1. The minimum Gasteiger partial charge on any atom is -0.325 e. The lowest BCUT2D eigenvalue weighted by atomic mass is 10.2. The average Bonchev–Trinajstić information content (AvgIpc) is 2.31. The number of fused-ring (bicyclic) bond motifs is 1. The van der Waals surface area contributed by atoms with Crippen LogP contribution in [0.15, 0.2) is 17.0 Å². The number of amides is 1. The fraction of sp³-hybridized carbons (Fsp3) is 0.300. The van der Waals surface area contributed by atoms with Crippen molar-refractivity contribution in [2.24, 2.45) is 5.92 Å². The molecule has 1 N–H and O–H groups in total. The summed E-state index contributed by atoms with van der Waals surface area (Å²) in [6.45, 7) is 1.90. The molecule has 1 aromatic carbocycles. The van der Waals surface area contributed by atoms with Crippen LogP contribution < -0.4 is 5.32 Å². The maximum atomic E-state index is 11.6. The number of benzene rings is 1. The minimum absolute atomic E-state index is 0.0000454. The zero-order chi connectivity index (χ0) is 11.0. The number of anilines is 1. The Hall–Kier alpha value is -0.380. The summed E-state index contributed by atoms with van der Waals surface area (Å²) in [7, 11) is 0. The molecule has 0 bridgehead atoms. The fourth-order valence-electron chi connectivity index (χ4n) is 1.29. The Morgan fingerprint density at radius 3 is 2.80 bits per heavy atom. The number of nitrogens with one attached hydrogen (secondary N) is 1. The Labute approximate surface area is 102 Å². The van der Waals surface area contributed by atoms with Gasteiger partial charge in [0.15, 0.2) is 0 Å². The number of carbonyl (C=O) groups is 1. The Morgan fingerprint density at radius 2 is 2.07 bits per heavy atom. The van der Waals surface area contributed by atoms with Gasteiger partial charge in [0.2, 0.25) is 5.91 Å². The first kappa shape index (κ1) is 11.1. The molecule has 0 radical (unpaired) electrons. The van der Waals surface area contributed by atoms with Crippen molar-refractivity contribution >= 4 is 46.6 Å². The third-order valence-corrected chi connectivity index (χ3v) is 4.25. The van der Waals surface area contributed by atoms with Crippen LogP contribution in [0.25, 0.3) is 0 Å². The van der Waals surface area contributed by atoms with Crippen molar-refractivity contribution in [2.75, 3.05) is 11.1 Å². The summed E-state index contributed by atoms with van der Waals surface area (Å²) in [6.07, 6.45) is 0. The maximum absolute atomic E-state index is 11.6. The van der Waals surface area contributed by atoms with Crippen molar-refractivity contribution in [3.8, 4) is 0 Å². The summed E-state index contributed by atoms with van der Waals surface area (Å²) in [5.74, 6) is 0.788. The molecule has 0 saturated carbocycles. The summed E-state index contributed by atoms with van der Waals surface area (Å²) >= 11 is 13.4. The lowest BCUT2D eigenvalue weighted by Crippen LogP contribution is -2.20. The molecule has 1 aromatic rings. The number of rotatable bonds is 0. The van der Waals surface area contributed by atoms with E-state index in [1.807, 2.05) is 6.92 Å². The van der Waals surface area contributed by atoms with E-state index in [1.165, 1.54) is 0 Å². The van der Waals surface area contributed by atoms with E-state index in [0.717, 1.165) is 16.3 Å². The van der Waals surface area contributed by atoms with Gasteiger partial charge in [-0.1, -0.05) is 30.1 Å². The molecule has 1 aliphatic rings. The van der Waals surface area contributed by atoms with Crippen LogP contribution in [-0.4, -0.2) is 11.7 Å². The van der Waals surface area contributed by atoms with E-state index in [0.29, 0.717) is 10.0 Å². The van der Waals surface area contributed by atoms with E-state index in [-0.39, 0.29) is 11.8 Å². The molecule has 1 atom stereocenters. The van der Waals surface area contributed by atoms with Crippen LogP contribution in [-0.2, 0) is 4.79 Å². The molecular weight excluding hydrogens is 253 g/mol. The van der Waals surface area contributed by atoms with E-state index in [2.05, 4.69) is 5.32 Å². The van der Waals surface area contributed by atoms with Gasteiger partial charge in [-0.15, -0.1) is 11.8 Å². The molecule has 1 aliphatic heterocycles. The average molecular weight is 262 g/mol. The topological polar surface area (TPSA) is 29.1 Å². The van der Waals surface area contributed by atoms with Crippen LogP contribution in [0.2, 0.25) is 10.0 Å². The summed E-state index contributed by atoms with van der Waals surface area (Å²) in [5, 5.41) is 3.82. The van der Waals surface area contributed by atoms with E-state index < -0.39 is 0 Å². The predicted octanol–water partition coefficient (Wildman–Crippen LogP) is 3.67. The van der Waals surface area contributed by atoms with E-state index in [4.69, 9.17) is 23.2 Å². The van der Waals surface area contributed by atoms with Gasteiger partial charge in [-0.3, -0.25) is 4.79 Å². The monoisotopic (exact) mass is 261 g/mol. The third kappa shape index (κ3) is 2.25. The van der Waals surface area contributed by atoms with Crippen molar-refractivity contribution in [1.29, 1.82) is 0 Å². The fourth-order valence-corrected chi connectivity index (χ4v) is 2.73. The van der Waals surface area contributed by atoms with Gasteiger partial charge in [-0.05, 0) is 12.1 Å². The van der Waals surface area contributed by atoms with Gasteiger partial charge in [0.05, 0.1) is 15.7 Å². The van der Waals surface area contributed by atoms with Crippen LogP contribution >= 0.6 is 35.0 Å². The lowest BCUT2D eigenvalue weighted by Gasteiger charge is -2.07. The Kier molecular flexibility index (Phi) is 3.14. The van der Waals surface area contributed by atoms with Gasteiger partial charge in [-0.25, -0.2) is 0 Å². The normalized spacial score (nSPS) is 20.5. The SMILES string of the molecule is CC1CSc2cc(Cl)c(Cl)cc2NC1=O. The van der Waals surface area contributed by atoms with Gasteiger partial charge in [0, 0.05) is 16.6 Å². The number of carbonyl (C=O) groups excluding carboxylic acids is 1. The van der Waals surface area contributed by atoms with Gasteiger partial charge in [-0.2, -0.15) is 0 Å².